The zero-order chi connectivity index (χ0) is 71.4. The number of unbranched alkanes of at least 4 members (excludes halogenated alkanes) is 41. The van der Waals surface area contributed by atoms with E-state index in [0.29, 0.717) is 25.7 Å². The lowest BCUT2D eigenvalue weighted by atomic mass is 9.99. The van der Waals surface area contributed by atoms with Gasteiger partial charge in [0.15, 0.2) is 12.2 Å². The largest absolute Gasteiger partial charge is 0.472 e. The number of phosphoric acid groups is 2. The lowest BCUT2D eigenvalue weighted by Crippen LogP contribution is -2.30. The van der Waals surface area contributed by atoms with Crippen LogP contribution in [0.15, 0.2) is 24.3 Å². The maximum atomic E-state index is 13.1. The first-order chi connectivity index (χ1) is 46.9. The van der Waals surface area contributed by atoms with E-state index in [4.69, 9.17) is 37.0 Å². The fourth-order valence-corrected chi connectivity index (χ4v) is 13.0. The van der Waals surface area contributed by atoms with Crippen LogP contribution >= 0.6 is 15.6 Å². The van der Waals surface area contributed by atoms with Crippen molar-refractivity contribution in [2.24, 2.45) is 11.8 Å². The van der Waals surface area contributed by atoms with Crippen molar-refractivity contribution in [2.45, 2.75) is 400 Å². The van der Waals surface area contributed by atoms with Gasteiger partial charge in [-0.2, -0.15) is 0 Å². The standard InChI is InChI=1S/C78H148O17P2/c1-7-10-12-14-16-18-20-22-24-26-28-36-42-48-54-60-75(80)88-66-73(94-77(82)62-56-50-44-38-29-27-25-23-21-19-17-15-13-11-8-2)68-92-96(84,85)90-64-72(79)65-91-97(86,87)93-69-74(67-89-76(81)61-55-49-43-37-32-30-34-40-46-52-58-70(4)5)95-78(83)63-57-51-45-39-33-31-35-41-47-53-59-71(6)9-3/h19,21,23,25,70-74,79H,7-18,20,22,24,26-69H2,1-6H3,(H,84,85)(H,86,87)/b21-19-,25-23-/t71?,72-,73-,74-/m1/s1. The van der Waals surface area contributed by atoms with Crippen molar-refractivity contribution in [3.8, 4) is 0 Å². The summed E-state index contributed by atoms with van der Waals surface area (Å²) in [4.78, 5) is 72.9. The van der Waals surface area contributed by atoms with Crippen LogP contribution in [-0.4, -0.2) is 96.7 Å². The quantitative estimate of drug-likeness (QED) is 0.0169. The molecule has 6 atom stereocenters. The topological polar surface area (TPSA) is 237 Å². The number of hydrogen-bond acceptors (Lipinski definition) is 15. The molecule has 0 spiro atoms. The molecule has 19 heteroatoms. The molecule has 0 aromatic rings. The van der Waals surface area contributed by atoms with Crippen molar-refractivity contribution in [1.29, 1.82) is 0 Å². The minimum absolute atomic E-state index is 0.0855. The number of esters is 4. The molecule has 0 aromatic heterocycles. The molecule has 17 nitrogen and oxygen atoms in total. The van der Waals surface area contributed by atoms with Crippen LogP contribution in [0.3, 0.4) is 0 Å². The first-order valence-electron chi connectivity index (χ1n) is 39.8. The molecule has 0 saturated carbocycles. The van der Waals surface area contributed by atoms with Gasteiger partial charge in [-0.3, -0.25) is 37.3 Å². The molecular formula is C78H148O17P2. The van der Waals surface area contributed by atoms with E-state index in [9.17, 15) is 43.2 Å². The summed E-state index contributed by atoms with van der Waals surface area (Å²) in [6.45, 7) is 9.57. The summed E-state index contributed by atoms with van der Waals surface area (Å²) in [5.74, 6) is -0.584. The lowest BCUT2D eigenvalue weighted by Gasteiger charge is -2.21. The summed E-state index contributed by atoms with van der Waals surface area (Å²) >= 11 is 0. The Morgan fingerprint density at radius 1 is 0.340 bits per heavy atom. The Morgan fingerprint density at radius 2 is 0.608 bits per heavy atom. The van der Waals surface area contributed by atoms with Gasteiger partial charge in [0.05, 0.1) is 26.4 Å². The molecule has 3 unspecified atom stereocenters. The molecule has 0 saturated heterocycles. The number of rotatable bonds is 75. The normalized spacial score (nSPS) is 14.4. The fourth-order valence-electron chi connectivity index (χ4n) is 11.4. The van der Waals surface area contributed by atoms with Crippen molar-refractivity contribution in [3.63, 3.8) is 0 Å². The molecule has 0 fully saturated rings. The minimum atomic E-state index is -4.97. The van der Waals surface area contributed by atoms with Gasteiger partial charge in [-0.05, 0) is 63.2 Å². The van der Waals surface area contributed by atoms with E-state index in [0.717, 1.165) is 115 Å². The van der Waals surface area contributed by atoms with Crippen LogP contribution < -0.4 is 0 Å². The predicted molar refractivity (Wildman–Crippen MR) is 395 cm³/mol. The minimum Gasteiger partial charge on any atom is -0.462 e. The van der Waals surface area contributed by atoms with Gasteiger partial charge in [-0.25, -0.2) is 9.13 Å². The molecular weight excluding hydrogens is 1270 g/mol. The highest BCUT2D eigenvalue weighted by atomic mass is 31.2. The number of carbonyl (C=O) groups is 4. The SMILES string of the molecule is CCCCCC/C=C\C=C/CCCCCCCC(=O)O[C@H](COC(=O)CCCCCCCCCCCCCCCCC)COP(=O)(O)OC[C@@H](O)COP(=O)(O)OC[C@@H](COC(=O)CCCCCCCCCCCCC(C)C)OC(=O)CCCCCCCCCCCCC(C)CC. The summed E-state index contributed by atoms with van der Waals surface area (Å²) in [5, 5.41) is 10.6. The summed E-state index contributed by atoms with van der Waals surface area (Å²) in [5.41, 5.74) is 0. The van der Waals surface area contributed by atoms with Gasteiger partial charge in [0, 0.05) is 25.7 Å². The number of phosphoric ester groups is 2. The average Bonchev–Trinajstić information content (AvgIpc) is 1.21. The van der Waals surface area contributed by atoms with Crippen molar-refractivity contribution < 1.29 is 80.2 Å². The number of carbonyl (C=O) groups excluding carboxylic acids is 4. The Labute approximate surface area is 592 Å². The van der Waals surface area contributed by atoms with E-state index < -0.39 is 97.5 Å². The van der Waals surface area contributed by atoms with Gasteiger partial charge >= 0.3 is 39.5 Å². The van der Waals surface area contributed by atoms with Gasteiger partial charge < -0.3 is 33.8 Å². The monoisotopic (exact) mass is 1420 g/mol. The lowest BCUT2D eigenvalue weighted by molar-refractivity contribution is -0.161. The highest BCUT2D eigenvalue weighted by molar-refractivity contribution is 7.47. The molecule has 0 rings (SSSR count). The first kappa shape index (κ1) is 94.5. The van der Waals surface area contributed by atoms with E-state index in [1.165, 1.54) is 186 Å². The molecule has 572 valence electrons. The molecule has 0 aromatic carbocycles. The molecule has 0 bridgehead atoms. The highest BCUT2D eigenvalue weighted by Crippen LogP contribution is 2.45. The van der Waals surface area contributed by atoms with Crippen LogP contribution in [0.4, 0.5) is 0 Å². The Kier molecular flexibility index (Phi) is 67.5. The second-order valence-electron chi connectivity index (χ2n) is 28.1. The summed E-state index contributed by atoms with van der Waals surface area (Å²) < 4.78 is 68.6. The molecule has 0 aliphatic heterocycles. The summed E-state index contributed by atoms with van der Waals surface area (Å²) in [6.07, 6.45) is 60.3. The average molecular weight is 1420 g/mol. The summed E-state index contributed by atoms with van der Waals surface area (Å²) in [7, 11) is -9.93. The van der Waals surface area contributed by atoms with Crippen LogP contribution in [0.5, 0.6) is 0 Å². The van der Waals surface area contributed by atoms with Crippen LogP contribution in [0.2, 0.25) is 0 Å². The third kappa shape index (κ3) is 70.4. The van der Waals surface area contributed by atoms with E-state index in [1.807, 2.05) is 0 Å². The van der Waals surface area contributed by atoms with Crippen molar-refractivity contribution >= 4 is 39.5 Å². The van der Waals surface area contributed by atoms with E-state index >= 15 is 0 Å². The molecule has 0 amide bonds. The smallest absolute Gasteiger partial charge is 0.462 e. The maximum absolute atomic E-state index is 13.1. The van der Waals surface area contributed by atoms with Gasteiger partial charge in [0.2, 0.25) is 0 Å². The van der Waals surface area contributed by atoms with Gasteiger partial charge in [-0.15, -0.1) is 0 Å². The number of aliphatic hydroxyl groups excluding tert-OH is 1. The zero-order valence-electron chi connectivity index (χ0n) is 62.9. The molecule has 3 N–H and O–H groups in total. The third-order valence-corrected chi connectivity index (χ3v) is 19.8. The van der Waals surface area contributed by atoms with Crippen molar-refractivity contribution in [2.75, 3.05) is 39.6 Å². The van der Waals surface area contributed by atoms with E-state index in [-0.39, 0.29) is 25.7 Å². The van der Waals surface area contributed by atoms with Gasteiger partial charge in [0.25, 0.3) is 0 Å². The van der Waals surface area contributed by atoms with E-state index in [2.05, 4.69) is 65.8 Å². The second-order valence-corrected chi connectivity index (χ2v) is 31.0. The third-order valence-electron chi connectivity index (χ3n) is 17.9. The molecule has 0 heterocycles. The maximum Gasteiger partial charge on any atom is 0.472 e. The molecule has 0 aliphatic rings. The summed E-state index contributed by atoms with van der Waals surface area (Å²) in [6, 6.07) is 0. The predicted octanol–water partition coefficient (Wildman–Crippen LogP) is 22.7. The number of aliphatic hydroxyl groups is 1. The fraction of sp³-hybridized carbons (Fsp3) is 0.897. The van der Waals surface area contributed by atoms with Crippen LogP contribution in [0, 0.1) is 11.8 Å². The van der Waals surface area contributed by atoms with E-state index in [1.54, 1.807) is 0 Å². The molecule has 97 heavy (non-hydrogen) atoms. The molecule has 0 radical (unpaired) electrons. The number of allylic oxidation sites excluding steroid dienone is 4. The van der Waals surface area contributed by atoms with Gasteiger partial charge in [-0.1, -0.05) is 329 Å². The first-order valence-corrected chi connectivity index (χ1v) is 42.8. The van der Waals surface area contributed by atoms with Crippen molar-refractivity contribution in [3.05, 3.63) is 24.3 Å². The van der Waals surface area contributed by atoms with Crippen molar-refractivity contribution in [1.82, 2.24) is 0 Å². The van der Waals surface area contributed by atoms with Gasteiger partial charge in [0.1, 0.15) is 19.3 Å². The second kappa shape index (κ2) is 69.3. The highest BCUT2D eigenvalue weighted by Gasteiger charge is 2.30. The van der Waals surface area contributed by atoms with Crippen LogP contribution in [0.1, 0.15) is 382 Å². The van der Waals surface area contributed by atoms with Crippen LogP contribution in [0.25, 0.3) is 0 Å². The number of hydrogen-bond donors (Lipinski definition) is 3. The Hall–Kier alpha value is -2.46. The Morgan fingerprint density at radius 3 is 0.928 bits per heavy atom. The zero-order valence-corrected chi connectivity index (χ0v) is 64.7. The molecule has 0 aliphatic carbocycles. The number of ether oxygens (including phenoxy) is 4. The Balaban J connectivity index is 5.31. The Bertz CT molecular complexity index is 1970. The van der Waals surface area contributed by atoms with Crippen LogP contribution in [-0.2, 0) is 65.4 Å².